The molecular weight excluding hydrogens is 332 g/mol. The summed E-state index contributed by atoms with van der Waals surface area (Å²) >= 11 is 0. The number of hydrogen-bond donors (Lipinski definition) is 4. The van der Waals surface area contributed by atoms with Crippen molar-refractivity contribution in [3.63, 3.8) is 0 Å². The number of carboxylic acid groups (broad SMARTS) is 4. The summed E-state index contributed by atoms with van der Waals surface area (Å²) in [5.41, 5.74) is 0. The van der Waals surface area contributed by atoms with Gasteiger partial charge in [-0.3, -0.25) is 19.2 Å². The Labute approximate surface area is 145 Å². The van der Waals surface area contributed by atoms with Gasteiger partial charge in [0.25, 0.3) is 0 Å². The molecule has 0 spiro atoms. The number of carboxylic acids is 4. The molecule has 0 amide bonds. The molecule has 0 aromatic rings. The maximum atomic E-state index is 11.7. The molecule has 8 nitrogen and oxygen atoms in total. The van der Waals surface area contributed by atoms with E-state index in [1.165, 1.54) is 0 Å². The molecule has 1 rings (SSSR count). The molecule has 0 bridgehead atoms. The Hall–Kier alpha value is -2.12. The van der Waals surface area contributed by atoms with Gasteiger partial charge in [0.15, 0.2) is 0 Å². The highest BCUT2D eigenvalue weighted by Gasteiger charge is 2.44. The largest absolute Gasteiger partial charge is 0.481 e. The smallest absolute Gasteiger partial charge is 0.307 e. The Bertz CT molecular complexity index is 515. The first-order chi connectivity index (χ1) is 11.6. The highest BCUT2D eigenvalue weighted by molar-refractivity contribution is 5.79. The van der Waals surface area contributed by atoms with E-state index in [0.717, 1.165) is 12.8 Å². The van der Waals surface area contributed by atoms with E-state index >= 15 is 0 Å². The lowest BCUT2D eigenvalue weighted by atomic mass is 9.64. The van der Waals surface area contributed by atoms with E-state index in [9.17, 15) is 29.4 Å². The van der Waals surface area contributed by atoms with Crippen molar-refractivity contribution in [3.05, 3.63) is 0 Å². The molecule has 0 aliphatic heterocycles. The van der Waals surface area contributed by atoms with E-state index in [1.54, 1.807) is 6.92 Å². The molecule has 5 unspecified atom stereocenters. The monoisotopic (exact) mass is 358 g/mol. The summed E-state index contributed by atoms with van der Waals surface area (Å²) in [4.78, 5) is 45.6. The summed E-state index contributed by atoms with van der Waals surface area (Å²) < 4.78 is 0. The van der Waals surface area contributed by atoms with Gasteiger partial charge in [-0.15, -0.1) is 0 Å². The van der Waals surface area contributed by atoms with Gasteiger partial charge < -0.3 is 20.4 Å². The van der Waals surface area contributed by atoms with E-state index in [-0.39, 0.29) is 5.92 Å². The number of hydrogen-bond acceptors (Lipinski definition) is 4. The van der Waals surface area contributed by atoms with Crippen LogP contribution in [-0.2, 0) is 19.2 Å². The predicted molar refractivity (Wildman–Crippen MR) is 86.0 cm³/mol. The van der Waals surface area contributed by atoms with E-state index in [4.69, 9.17) is 10.2 Å². The summed E-state index contributed by atoms with van der Waals surface area (Å²) in [7, 11) is 0. The maximum absolute atomic E-state index is 11.7. The second-order valence-corrected chi connectivity index (χ2v) is 6.94. The van der Waals surface area contributed by atoms with E-state index < -0.39 is 60.4 Å². The Morgan fingerprint density at radius 2 is 1.28 bits per heavy atom. The molecule has 142 valence electrons. The molecule has 1 saturated carbocycles. The van der Waals surface area contributed by atoms with Crippen molar-refractivity contribution in [2.45, 2.75) is 51.9 Å². The lowest BCUT2D eigenvalue weighted by molar-refractivity contribution is -0.157. The fourth-order valence-electron chi connectivity index (χ4n) is 4.18. The summed E-state index contributed by atoms with van der Waals surface area (Å²) in [5.74, 6) is -9.07. The van der Waals surface area contributed by atoms with Gasteiger partial charge in [-0.25, -0.2) is 0 Å². The Balaban J connectivity index is 3.30. The Morgan fingerprint density at radius 3 is 1.76 bits per heavy atom. The topological polar surface area (TPSA) is 149 Å². The standard InChI is InChI=1S/C17H26O8/c1-9-5-3-2-4-6-10(11(16(22)23)7-13(18)19)15(9)12(17(24)25)8-14(20)21/h9-12,15H,2-8H2,1H3,(H,18,19)(H,20,21)(H,22,23)(H,24,25). The lowest BCUT2D eigenvalue weighted by Crippen LogP contribution is -2.42. The molecule has 1 aliphatic rings. The van der Waals surface area contributed by atoms with Crippen LogP contribution in [0.2, 0.25) is 0 Å². The van der Waals surface area contributed by atoms with Crippen molar-refractivity contribution in [3.8, 4) is 0 Å². The van der Waals surface area contributed by atoms with Crippen LogP contribution in [-0.4, -0.2) is 44.3 Å². The zero-order valence-corrected chi connectivity index (χ0v) is 14.3. The molecule has 0 aromatic heterocycles. The van der Waals surface area contributed by atoms with Crippen LogP contribution in [0.15, 0.2) is 0 Å². The van der Waals surface area contributed by atoms with Gasteiger partial charge in [0.1, 0.15) is 0 Å². The zero-order valence-electron chi connectivity index (χ0n) is 14.3. The number of aliphatic carboxylic acids is 4. The molecule has 1 aliphatic carbocycles. The summed E-state index contributed by atoms with van der Waals surface area (Å²) in [6, 6.07) is 0. The van der Waals surface area contributed by atoms with Crippen LogP contribution in [0.5, 0.6) is 0 Å². The highest BCUT2D eigenvalue weighted by Crippen LogP contribution is 2.43. The molecule has 0 heterocycles. The van der Waals surface area contributed by atoms with Gasteiger partial charge in [-0.1, -0.05) is 32.6 Å². The fraction of sp³-hybridized carbons (Fsp3) is 0.765. The summed E-state index contributed by atoms with van der Waals surface area (Å²) in [6.07, 6.45) is 2.27. The normalized spacial score (nSPS) is 26.7. The maximum Gasteiger partial charge on any atom is 0.307 e. The molecule has 8 heteroatoms. The van der Waals surface area contributed by atoms with Crippen LogP contribution < -0.4 is 0 Å². The fourth-order valence-corrected chi connectivity index (χ4v) is 4.18. The molecule has 0 aromatic carbocycles. The van der Waals surface area contributed by atoms with Crippen LogP contribution >= 0.6 is 0 Å². The number of carbonyl (C=O) groups is 4. The summed E-state index contributed by atoms with van der Waals surface area (Å²) in [5, 5.41) is 37.2. The second-order valence-electron chi connectivity index (χ2n) is 6.94. The van der Waals surface area contributed by atoms with Gasteiger partial charge in [0.05, 0.1) is 24.7 Å². The minimum atomic E-state index is -1.27. The first-order valence-corrected chi connectivity index (χ1v) is 8.54. The second kappa shape index (κ2) is 9.39. The average molecular weight is 358 g/mol. The molecule has 0 radical (unpaired) electrons. The lowest BCUT2D eigenvalue weighted by Gasteiger charge is -2.39. The SMILES string of the molecule is CC1CCCCCC(C(CC(=O)O)C(=O)O)C1C(CC(=O)O)C(=O)O. The van der Waals surface area contributed by atoms with Crippen LogP contribution in [0, 0.1) is 29.6 Å². The molecule has 5 atom stereocenters. The Kier molecular flexibility index (Phi) is 7.86. The molecule has 25 heavy (non-hydrogen) atoms. The average Bonchev–Trinajstić information content (AvgIpc) is 2.46. The molecule has 0 saturated heterocycles. The Morgan fingerprint density at radius 1 is 0.800 bits per heavy atom. The van der Waals surface area contributed by atoms with Crippen LogP contribution in [0.3, 0.4) is 0 Å². The first-order valence-electron chi connectivity index (χ1n) is 8.54. The van der Waals surface area contributed by atoms with Crippen LogP contribution in [0.4, 0.5) is 0 Å². The van der Waals surface area contributed by atoms with Gasteiger partial charge in [0.2, 0.25) is 0 Å². The van der Waals surface area contributed by atoms with E-state index in [1.807, 2.05) is 0 Å². The van der Waals surface area contributed by atoms with Gasteiger partial charge in [-0.05, 0) is 24.2 Å². The molecule has 1 fully saturated rings. The number of rotatable bonds is 8. The third-order valence-corrected chi connectivity index (χ3v) is 5.25. The predicted octanol–water partition coefficient (Wildman–Crippen LogP) is 2.17. The van der Waals surface area contributed by atoms with Crippen molar-refractivity contribution >= 4 is 23.9 Å². The van der Waals surface area contributed by atoms with Crippen molar-refractivity contribution < 1.29 is 39.6 Å². The minimum Gasteiger partial charge on any atom is -0.481 e. The highest BCUT2D eigenvalue weighted by atomic mass is 16.4. The van der Waals surface area contributed by atoms with E-state index in [0.29, 0.717) is 19.3 Å². The quantitative estimate of drug-likeness (QED) is 0.515. The van der Waals surface area contributed by atoms with Crippen LogP contribution in [0.25, 0.3) is 0 Å². The first kappa shape index (κ1) is 20.9. The minimum absolute atomic E-state index is 0.193. The zero-order chi connectivity index (χ0) is 19.1. The summed E-state index contributed by atoms with van der Waals surface area (Å²) in [6.45, 7) is 1.81. The molecule has 4 N–H and O–H groups in total. The van der Waals surface area contributed by atoms with Crippen LogP contribution in [0.1, 0.15) is 51.9 Å². The third-order valence-electron chi connectivity index (χ3n) is 5.25. The van der Waals surface area contributed by atoms with Crippen molar-refractivity contribution in [1.29, 1.82) is 0 Å². The van der Waals surface area contributed by atoms with Crippen molar-refractivity contribution in [2.24, 2.45) is 29.6 Å². The third kappa shape index (κ3) is 6.03. The van der Waals surface area contributed by atoms with Crippen molar-refractivity contribution in [1.82, 2.24) is 0 Å². The van der Waals surface area contributed by atoms with Gasteiger partial charge in [0, 0.05) is 0 Å². The van der Waals surface area contributed by atoms with Gasteiger partial charge in [-0.2, -0.15) is 0 Å². The molecular formula is C17H26O8. The van der Waals surface area contributed by atoms with Gasteiger partial charge >= 0.3 is 23.9 Å². The van der Waals surface area contributed by atoms with E-state index in [2.05, 4.69) is 0 Å². The van der Waals surface area contributed by atoms with Crippen molar-refractivity contribution in [2.75, 3.05) is 0 Å².